The van der Waals surface area contributed by atoms with Gasteiger partial charge in [-0.1, -0.05) is 35.1 Å². The number of halogens is 1. The molecule has 0 saturated heterocycles. The fourth-order valence-corrected chi connectivity index (χ4v) is 4.28. The van der Waals surface area contributed by atoms with Crippen LogP contribution in [0.2, 0.25) is 5.02 Å². The van der Waals surface area contributed by atoms with Crippen molar-refractivity contribution in [3.8, 4) is 5.75 Å². The van der Waals surface area contributed by atoms with Crippen molar-refractivity contribution in [1.29, 1.82) is 0 Å². The number of aromatic nitrogens is 3. The fourth-order valence-electron chi connectivity index (χ4n) is 3.00. The quantitative estimate of drug-likeness (QED) is 0.448. The lowest BCUT2D eigenvalue weighted by Gasteiger charge is -2.21. The molecule has 0 bridgehead atoms. The van der Waals surface area contributed by atoms with Gasteiger partial charge < -0.3 is 9.64 Å². The normalized spacial score (nSPS) is 11.4. The van der Waals surface area contributed by atoms with Gasteiger partial charge in [-0.05, 0) is 38.4 Å². The topological polar surface area (TPSA) is 71.5 Å². The van der Waals surface area contributed by atoms with E-state index in [4.69, 9.17) is 16.3 Å². The van der Waals surface area contributed by atoms with E-state index in [0.717, 1.165) is 10.2 Å². The number of nitrogens with zero attached hydrogens (tertiary/aromatic N) is 5. The summed E-state index contributed by atoms with van der Waals surface area (Å²) in [5.74, 6) is 0.353. The molecule has 2 aromatic carbocycles. The SMILES string of the molecule is COc1ccc(Cl)c2sc(N(CCN(C)C)C(=O)c3cnc4ccccc4n3)nc12. The van der Waals surface area contributed by atoms with E-state index in [1.807, 2.05) is 43.3 Å². The van der Waals surface area contributed by atoms with E-state index in [2.05, 4.69) is 15.0 Å². The van der Waals surface area contributed by atoms with Gasteiger partial charge in [0.2, 0.25) is 0 Å². The Morgan fingerprint density at radius 1 is 1.10 bits per heavy atom. The van der Waals surface area contributed by atoms with Crippen molar-refractivity contribution in [2.75, 3.05) is 39.2 Å². The lowest BCUT2D eigenvalue weighted by molar-refractivity contribution is 0.0980. The Kier molecular flexibility index (Phi) is 5.80. The van der Waals surface area contributed by atoms with Gasteiger partial charge in [0.25, 0.3) is 5.91 Å². The summed E-state index contributed by atoms with van der Waals surface area (Å²) in [5.41, 5.74) is 2.32. The summed E-state index contributed by atoms with van der Waals surface area (Å²) in [5, 5.41) is 1.11. The third kappa shape index (κ3) is 3.94. The average Bonchev–Trinajstić information content (AvgIpc) is 3.19. The largest absolute Gasteiger partial charge is 0.494 e. The number of methoxy groups -OCH3 is 1. The van der Waals surface area contributed by atoms with Crippen molar-refractivity contribution in [2.24, 2.45) is 0 Å². The lowest BCUT2D eigenvalue weighted by atomic mass is 10.3. The highest BCUT2D eigenvalue weighted by atomic mass is 35.5. The average molecular weight is 442 g/mol. The van der Waals surface area contributed by atoms with Gasteiger partial charge in [0.05, 0.1) is 34.1 Å². The first-order chi connectivity index (χ1) is 14.5. The van der Waals surface area contributed by atoms with Crippen LogP contribution >= 0.6 is 22.9 Å². The zero-order valence-corrected chi connectivity index (χ0v) is 18.4. The molecule has 4 aromatic rings. The minimum absolute atomic E-state index is 0.260. The second-order valence-corrected chi connectivity index (χ2v) is 8.31. The Morgan fingerprint density at radius 3 is 2.60 bits per heavy atom. The highest BCUT2D eigenvalue weighted by Crippen LogP contribution is 2.39. The number of benzene rings is 2. The van der Waals surface area contributed by atoms with Crippen molar-refractivity contribution in [2.45, 2.75) is 0 Å². The van der Waals surface area contributed by atoms with Crippen molar-refractivity contribution in [1.82, 2.24) is 19.9 Å². The minimum Gasteiger partial charge on any atom is -0.494 e. The summed E-state index contributed by atoms with van der Waals surface area (Å²) in [4.78, 5) is 30.6. The fraction of sp³-hybridized carbons (Fsp3) is 0.238. The third-order valence-electron chi connectivity index (χ3n) is 4.58. The zero-order chi connectivity index (χ0) is 21.3. The number of fused-ring (bicyclic) bond motifs is 2. The van der Waals surface area contributed by atoms with Crippen molar-refractivity contribution >= 4 is 55.2 Å². The number of hydrogen-bond donors (Lipinski definition) is 0. The molecule has 0 aliphatic rings. The second kappa shape index (κ2) is 8.51. The molecule has 0 atom stereocenters. The van der Waals surface area contributed by atoms with Gasteiger partial charge in [-0.25, -0.2) is 9.97 Å². The molecule has 0 radical (unpaired) electrons. The van der Waals surface area contributed by atoms with Crippen LogP contribution in [-0.2, 0) is 0 Å². The van der Waals surface area contributed by atoms with Crippen LogP contribution in [0, 0.1) is 0 Å². The number of hydrogen-bond acceptors (Lipinski definition) is 7. The van der Waals surface area contributed by atoms with E-state index in [9.17, 15) is 4.79 Å². The van der Waals surface area contributed by atoms with Crippen LogP contribution in [0.5, 0.6) is 5.75 Å². The van der Waals surface area contributed by atoms with E-state index in [0.29, 0.717) is 40.0 Å². The summed E-state index contributed by atoms with van der Waals surface area (Å²) in [7, 11) is 5.49. The predicted molar refractivity (Wildman–Crippen MR) is 121 cm³/mol. The minimum atomic E-state index is -0.260. The molecule has 0 unspecified atom stereocenters. The summed E-state index contributed by atoms with van der Waals surface area (Å²) in [6.07, 6.45) is 1.51. The van der Waals surface area contributed by atoms with Crippen molar-refractivity contribution in [3.05, 3.63) is 53.3 Å². The van der Waals surface area contributed by atoms with E-state index in [1.54, 1.807) is 24.1 Å². The van der Waals surface area contributed by atoms with Crippen molar-refractivity contribution < 1.29 is 9.53 Å². The summed E-state index contributed by atoms with van der Waals surface area (Å²) < 4.78 is 6.19. The number of carbonyl (C=O) groups excluding carboxylic acids is 1. The lowest BCUT2D eigenvalue weighted by Crippen LogP contribution is -2.37. The molecule has 1 amide bonds. The maximum Gasteiger partial charge on any atom is 0.280 e. The van der Waals surface area contributed by atoms with Gasteiger partial charge >= 0.3 is 0 Å². The molecule has 0 saturated carbocycles. The van der Waals surface area contributed by atoms with Gasteiger partial charge in [0.15, 0.2) is 5.13 Å². The van der Waals surface area contributed by atoms with Gasteiger partial charge in [-0.2, -0.15) is 0 Å². The molecule has 0 aliphatic heterocycles. The molecule has 0 N–H and O–H groups in total. The molecule has 9 heteroatoms. The molecule has 154 valence electrons. The number of para-hydroxylation sites is 2. The number of thiazole rings is 1. The molecule has 0 aliphatic carbocycles. The zero-order valence-electron chi connectivity index (χ0n) is 16.8. The Hall–Kier alpha value is -2.81. The standard InChI is InChI=1S/C21H20ClN5O2S/c1-26(2)10-11-27(20(28)16-12-23-14-6-4-5-7-15(14)24-16)21-25-18-17(29-3)9-8-13(22)19(18)30-21/h4-9,12H,10-11H2,1-3H3. The molecular weight excluding hydrogens is 422 g/mol. The monoisotopic (exact) mass is 441 g/mol. The molecule has 0 spiro atoms. The highest BCUT2D eigenvalue weighted by Gasteiger charge is 2.24. The summed E-state index contributed by atoms with van der Waals surface area (Å²) >= 11 is 7.73. The van der Waals surface area contributed by atoms with Crippen LogP contribution in [0.25, 0.3) is 21.3 Å². The van der Waals surface area contributed by atoms with Gasteiger partial charge in [0.1, 0.15) is 17.0 Å². The molecular formula is C21H20ClN5O2S. The van der Waals surface area contributed by atoms with E-state index in [-0.39, 0.29) is 11.6 Å². The smallest absolute Gasteiger partial charge is 0.280 e. The van der Waals surface area contributed by atoms with Crippen molar-refractivity contribution in [3.63, 3.8) is 0 Å². The van der Waals surface area contributed by atoms with Crippen LogP contribution in [0.3, 0.4) is 0 Å². The second-order valence-electron chi connectivity index (χ2n) is 6.93. The molecule has 2 heterocycles. The van der Waals surface area contributed by atoms with Crippen LogP contribution in [-0.4, -0.2) is 60.1 Å². The van der Waals surface area contributed by atoms with Crippen LogP contribution in [0.4, 0.5) is 5.13 Å². The van der Waals surface area contributed by atoms with Gasteiger partial charge in [0, 0.05) is 13.1 Å². The Bertz CT molecular complexity index is 1230. The molecule has 4 rings (SSSR count). The molecule has 7 nitrogen and oxygen atoms in total. The van der Waals surface area contributed by atoms with Crippen LogP contribution in [0.1, 0.15) is 10.5 Å². The molecule has 0 fully saturated rings. The van der Waals surface area contributed by atoms with Gasteiger partial charge in [-0.3, -0.25) is 14.7 Å². The number of likely N-dealkylation sites (N-methyl/N-ethyl adjacent to an activating group) is 1. The predicted octanol–water partition coefficient (Wildman–Crippen LogP) is 4.11. The Morgan fingerprint density at radius 2 is 1.87 bits per heavy atom. The Balaban J connectivity index is 1.78. The van der Waals surface area contributed by atoms with Crippen LogP contribution in [0.15, 0.2) is 42.6 Å². The molecule has 2 aromatic heterocycles. The number of amides is 1. The first-order valence-electron chi connectivity index (χ1n) is 9.29. The van der Waals surface area contributed by atoms with E-state index >= 15 is 0 Å². The summed E-state index contributed by atoms with van der Waals surface area (Å²) in [6.45, 7) is 1.10. The highest BCUT2D eigenvalue weighted by molar-refractivity contribution is 7.23. The summed E-state index contributed by atoms with van der Waals surface area (Å²) in [6, 6.07) is 11.0. The molecule has 30 heavy (non-hydrogen) atoms. The maximum absolute atomic E-state index is 13.4. The maximum atomic E-state index is 13.4. The number of carbonyl (C=O) groups is 1. The first kappa shape index (κ1) is 20.5. The Labute approximate surface area is 182 Å². The van der Waals surface area contributed by atoms with Crippen LogP contribution < -0.4 is 9.64 Å². The third-order valence-corrected chi connectivity index (χ3v) is 6.12. The first-order valence-corrected chi connectivity index (χ1v) is 10.5. The number of rotatable bonds is 6. The van der Waals surface area contributed by atoms with E-state index < -0.39 is 0 Å². The number of ether oxygens (including phenoxy) is 1. The van der Waals surface area contributed by atoms with Gasteiger partial charge in [-0.15, -0.1) is 0 Å². The number of anilines is 1. The van der Waals surface area contributed by atoms with E-state index in [1.165, 1.54) is 17.5 Å².